The predicted molar refractivity (Wildman–Crippen MR) is 112 cm³/mol. The van der Waals surface area contributed by atoms with Gasteiger partial charge in [0.25, 0.3) is 5.91 Å². The van der Waals surface area contributed by atoms with Gasteiger partial charge >= 0.3 is 6.03 Å². The number of amides is 4. The summed E-state index contributed by atoms with van der Waals surface area (Å²) in [5.41, 5.74) is 0.236. The van der Waals surface area contributed by atoms with E-state index in [2.05, 4.69) is 10.6 Å². The number of urea groups is 1. The van der Waals surface area contributed by atoms with Gasteiger partial charge in [0.15, 0.2) is 17.0 Å². The molecule has 2 N–H and O–H groups in total. The van der Waals surface area contributed by atoms with Crippen LogP contribution < -0.4 is 24.8 Å². The molecule has 9 nitrogen and oxygen atoms in total. The van der Waals surface area contributed by atoms with Crippen LogP contribution in [0.5, 0.6) is 17.2 Å². The molecular formula is C23H23N3O6. The van der Waals surface area contributed by atoms with E-state index in [0.29, 0.717) is 49.1 Å². The summed E-state index contributed by atoms with van der Waals surface area (Å²) >= 11 is 0. The Morgan fingerprint density at radius 3 is 2.66 bits per heavy atom. The van der Waals surface area contributed by atoms with Crippen LogP contribution in [0.15, 0.2) is 42.5 Å². The van der Waals surface area contributed by atoms with Gasteiger partial charge in [0.1, 0.15) is 25.5 Å². The number of ether oxygens (including phenoxy) is 3. The van der Waals surface area contributed by atoms with Crippen LogP contribution in [-0.4, -0.2) is 49.1 Å². The molecule has 5 rings (SSSR count). The third kappa shape index (κ3) is 3.30. The zero-order chi connectivity index (χ0) is 22.3. The number of hydrogen-bond donors (Lipinski definition) is 2. The lowest BCUT2D eigenvalue weighted by atomic mass is 9.84. The summed E-state index contributed by atoms with van der Waals surface area (Å²) in [4.78, 5) is 39.6. The van der Waals surface area contributed by atoms with Crippen LogP contribution in [0.25, 0.3) is 0 Å². The standard InChI is InChI=1S/C23H23N3O6/c1-14(15-6-7-18-19(12-15)32-11-10-31-18)24-20(27)13-26-21(28)23(25-22(26)29)8-9-30-17-5-3-2-4-16(17)23/h2-7,12,14H,8-11,13H2,1H3,(H,24,27)(H,25,29)/t14-,23+/m0/s1. The largest absolute Gasteiger partial charge is 0.493 e. The smallest absolute Gasteiger partial charge is 0.325 e. The molecule has 0 aliphatic carbocycles. The Balaban J connectivity index is 1.29. The number of nitrogens with one attached hydrogen (secondary N) is 2. The van der Waals surface area contributed by atoms with E-state index in [1.54, 1.807) is 24.3 Å². The number of rotatable bonds is 4. The fraction of sp³-hybridized carbons (Fsp3) is 0.348. The highest BCUT2D eigenvalue weighted by atomic mass is 16.6. The van der Waals surface area contributed by atoms with Gasteiger partial charge in [-0.05, 0) is 30.7 Å². The van der Waals surface area contributed by atoms with Crippen molar-refractivity contribution in [1.29, 1.82) is 0 Å². The normalized spacial score (nSPS) is 22.1. The van der Waals surface area contributed by atoms with Gasteiger partial charge in [-0.25, -0.2) is 4.79 Å². The Bertz CT molecular complexity index is 1100. The van der Waals surface area contributed by atoms with Gasteiger partial charge in [0.05, 0.1) is 12.6 Å². The summed E-state index contributed by atoms with van der Waals surface area (Å²) in [6, 6.07) is 11.7. The van der Waals surface area contributed by atoms with Crippen LogP contribution in [0.2, 0.25) is 0 Å². The summed E-state index contributed by atoms with van der Waals surface area (Å²) in [5, 5.41) is 5.64. The Morgan fingerprint density at radius 1 is 1.06 bits per heavy atom. The molecule has 2 aromatic rings. The second-order valence-electron chi connectivity index (χ2n) is 8.01. The van der Waals surface area contributed by atoms with Crippen LogP contribution in [-0.2, 0) is 15.1 Å². The third-order valence-electron chi connectivity index (χ3n) is 6.00. The molecule has 1 fully saturated rings. The highest BCUT2D eigenvalue weighted by Gasteiger charge is 2.55. The van der Waals surface area contributed by atoms with Crippen molar-refractivity contribution in [2.75, 3.05) is 26.4 Å². The average Bonchev–Trinajstić information content (AvgIpc) is 3.03. The maximum atomic E-state index is 13.3. The van der Waals surface area contributed by atoms with Crippen LogP contribution in [0, 0.1) is 0 Å². The van der Waals surface area contributed by atoms with Crippen molar-refractivity contribution in [2.24, 2.45) is 0 Å². The second-order valence-corrected chi connectivity index (χ2v) is 8.01. The number of carbonyl (C=O) groups excluding carboxylic acids is 3. The van der Waals surface area contributed by atoms with E-state index in [1.807, 2.05) is 25.1 Å². The molecule has 3 aliphatic rings. The zero-order valence-corrected chi connectivity index (χ0v) is 17.6. The SMILES string of the molecule is C[C@H](NC(=O)CN1C(=O)N[C@@]2(CCOc3ccccc32)C1=O)c1ccc2c(c1)OCCO2. The molecule has 0 radical (unpaired) electrons. The van der Waals surface area contributed by atoms with Crippen molar-refractivity contribution < 1.29 is 28.6 Å². The van der Waals surface area contributed by atoms with Gasteiger partial charge in [0.2, 0.25) is 5.91 Å². The molecule has 9 heteroatoms. The van der Waals surface area contributed by atoms with Crippen molar-refractivity contribution in [1.82, 2.24) is 15.5 Å². The molecule has 0 bridgehead atoms. The highest BCUT2D eigenvalue weighted by molar-refractivity contribution is 6.09. The lowest BCUT2D eigenvalue weighted by Gasteiger charge is -2.33. The molecule has 3 heterocycles. The number of nitrogens with zero attached hydrogens (tertiary/aromatic N) is 1. The number of imide groups is 1. The zero-order valence-electron chi connectivity index (χ0n) is 17.6. The van der Waals surface area contributed by atoms with Gasteiger partial charge < -0.3 is 24.8 Å². The Kier molecular flexibility index (Phi) is 4.88. The number of hydrogen-bond acceptors (Lipinski definition) is 6. The lowest BCUT2D eigenvalue weighted by molar-refractivity contribution is -0.136. The fourth-order valence-electron chi connectivity index (χ4n) is 4.36. The van der Waals surface area contributed by atoms with Gasteiger partial charge in [-0.1, -0.05) is 24.3 Å². The van der Waals surface area contributed by atoms with Crippen molar-refractivity contribution in [3.8, 4) is 17.2 Å². The monoisotopic (exact) mass is 437 g/mol. The van der Waals surface area contributed by atoms with Crippen LogP contribution >= 0.6 is 0 Å². The second kappa shape index (κ2) is 7.74. The minimum absolute atomic E-state index is 0.296. The first-order chi connectivity index (χ1) is 15.5. The fourth-order valence-corrected chi connectivity index (χ4v) is 4.36. The Hall–Kier alpha value is -3.75. The summed E-state index contributed by atoms with van der Waals surface area (Å²) in [5.74, 6) is 0.976. The third-order valence-corrected chi connectivity index (χ3v) is 6.00. The number of carbonyl (C=O) groups is 3. The van der Waals surface area contributed by atoms with Gasteiger partial charge in [-0.15, -0.1) is 0 Å². The molecule has 2 aromatic carbocycles. The van der Waals surface area contributed by atoms with Gasteiger partial charge in [-0.3, -0.25) is 14.5 Å². The molecule has 32 heavy (non-hydrogen) atoms. The summed E-state index contributed by atoms with van der Waals surface area (Å²) < 4.78 is 16.7. The summed E-state index contributed by atoms with van der Waals surface area (Å²) in [6.45, 7) is 2.72. The van der Waals surface area contributed by atoms with Crippen molar-refractivity contribution in [3.63, 3.8) is 0 Å². The van der Waals surface area contributed by atoms with Crippen molar-refractivity contribution in [3.05, 3.63) is 53.6 Å². The van der Waals surface area contributed by atoms with E-state index >= 15 is 0 Å². The Labute approximate surface area is 184 Å². The number of benzene rings is 2. The quantitative estimate of drug-likeness (QED) is 0.708. The van der Waals surface area contributed by atoms with E-state index in [0.717, 1.165) is 10.5 Å². The molecule has 1 saturated heterocycles. The van der Waals surface area contributed by atoms with Crippen LogP contribution in [0.1, 0.15) is 30.5 Å². The minimum atomic E-state index is -1.20. The molecule has 4 amide bonds. The predicted octanol–water partition coefficient (Wildman–Crippen LogP) is 1.86. The van der Waals surface area contributed by atoms with Crippen molar-refractivity contribution >= 4 is 17.8 Å². The van der Waals surface area contributed by atoms with Gasteiger partial charge in [0, 0.05) is 12.0 Å². The maximum absolute atomic E-state index is 13.3. The molecule has 0 saturated carbocycles. The highest BCUT2D eigenvalue weighted by Crippen LogP contribution is 2.41. The molecule has 2 atom stereocenters. The van der Waals surface area contributed by atoms with E-state index in [1.165, 1.54) is 0 Å². The minimum Gasteiger partial charge on any atom is -0.493 e. The van der Waals surface area contributed by atoms with Crippen LogP contribution in [0.4, 0.5) is 4.79 Å². The van der Waals surface area contributed by atoms with E-state index in [-0.39, 0.29) is 12.6 Å². The molecule has 0 unspecified atom stereocenters. The molecule has 1 spiro atoms. The number of fused-ring (bicyclic) bond motifs is 3. The maximum Gasteiger partial charge on any atom is 0.325 e. The summed E-state index contributed by atoms with van der Waals surface area (Å²) in [6.07, 6.45) is 0.306. The number of para-hydroxylation sites is 1. The lowest BCUT2D eigenvalue weighted by Crippen LogP contribution is -2.48. The van der Waals surface area contributed by atoms with E-state index in [9.17, 15) is 14.4 Å². The molecule has 3 aliphatic heterocycles. The topological polar surface area (TPSA) is 106 Å². The first kappa shape index (κ1) is 20.2. The molecule has 166 valence electrons. The van der Waals surface area contributed by atoms with Gasteiger partial charge in [-0.2, -0.15) is 0 Å². The molecular weight excluding hydrogens is 414 g/mol. The summed E-state index contributed by atoms with van der Waals surface area (Å²) in [7, 11) is 0. The van der Waals surface area contributed by atoms with Crippen LogP contribution in [0.3, 0.4) is 0 Å². The van der Waals surface area contributed by atoms with E-state index in [4.69, 9.17) is 14.2 Å². The first-order valence-electron chi connectivity index (χ1n) is 10.5. The van der Waals surface area contributed by atoms with E-state index < -0.39 is 23.4 Å². The first-order valence-corrected chi connectivity index (χ1v) is 10.5. The average molecular weight is 437 g/mol. The molecule has 0 aromatic heterocycles. The Morgan fingerprint density at radius 2 is 1.81 bits per heavy atom. The van der Waals surface area contributed by atoms with Crippen molar-refractivity contribution in [2.45, 2.75) is 24.9 Å².